The number of para-hydroxylation sites is 4. The van der Waals surface area contributed by atoms with Crippen molar-refractivity contribution in [1.82, 2.24) is 19.1 Å². The molecule has 6 heteroatoms. The van der Waals surface area contributed by atoms with E-state index in [1.165, 1.54) is 21.9 Å². The van der Waals surface area contributed by atoms with E-state index in [2.05, 4.69) is 274 Å². The number of pyridine rings is 1. The van der Waals surface area contributed by atoms with Crippen molar-refractivity contribution in [2.24, 2.45) is 0 Å². The molecule has 0 aliphatic heterocycles. The Morgan fingerprint density at radius 1 is 0.434 bits per heavy atom. The van der Waals surface area contributed by atoms with Crippen LogP contribution >= 0.6 is 0 Å². The number of hydrogen-bond acceptors (Lipinski definition) is 3. The Hall–Kier alpha value is -7.33. The zero-order chi connectivity index (χ0) is 52.8. The first kappa shape index (κ1) is 52.1. The van der Waals surface area contributed by atoms with E-state index in [-0.39, 0.29) is 48.5 Å². The Kier molecular flexibility index (Phi) is 13.3. The number of rotatable bonds is 7. The van der Waals surface area contributed by atoms with Crippen LogP contribution in [0.25, 0.3) is 100 Å². The second-order valence-corrected chi connectivity index (χ2v) is 24.5. The van der Waals surface area contributed by atoms with Gasteiger partial charge in [0.05, 0.1) is 27.6 Å². The van der Waals surface area contributed by atoms with E-state index in [9.17, 15) is 5.11 Å². The molecule has 0 aliphatic rings. The average molecular weight is 1180 g/mol. The number of hydrogen-bond donors (Lipinski definition) is 1. The van der Waals surface area contributed by atoms with Crippen LogP contribution in [0.5, 0.6) is 5.75 Å². The standard InChI is InChI=1S/C70H67N4O.Pt/c1-67(2,3)49-39-50(68(4,5)6)41-53(40-49)74-62-32-22-28-54(63(62)72-66(74)58-42-51(69(7,8)9)43-59(65(58)75)70(10,11)12)47-35-46(44-23-15-13-16-24-44)36-48(37-47)60-38-45(33-34-71-60)55-29-21-30-57-56-27-19-20-31-61(56)73(64(55)57)52-25-17-14-18-26-52;/h13-36,38-43,75H,1-12H3;/q-1;. The van der Waals surface area contributed by atoms with Crippen LogP contribution < -0.4 is 0 Å². The van der Waals surface area contributed by atoms with E-state index in [0.717, 1.165) is 89.2 Å². The Bertz CT molecular complexity index is 3950. The van der Waals surface area contributed by atoms with Crippen molar-refractivity contribution < 1.29 is 26.2 Å². The normalized spacial score (nSPS) is 12.4. The largest absolute Gasteiger partial charge is 0.507 e. The van der Waals surface area contributed by atoms with E-state index in [1.807, 2.05) is 6.20 Å². The van der Waals surface area contributed by atoms with Crippen LogP contribution in [0.2, 0.25) is 0 Å². The summed E-state index contributed by atoms with van der Waals surface area (Å²) in [5.74, 6) is 0.940. The molecule has 0 fully saturated rings. The van der Waals surface area contributed by atoms with Crippen LogP contribution in [0.15, 0.2) is 182 Å². The Balaban J connectivity index is 0.00000657. The fraction of sp³-hybridized carbons (Fsp3) is 0.229. The third-order valence-corrected chi connectivity index (χ3v) is 14.9. The van der Waals surface area contributed by atoms with Gasteiger partial charge >= 0.3 is 0 Å². The molecule has 5 nitrogen and oxygen atoms in total. The monoisotopic (exact) mass is 1170 g/mol. The molecule has 0 amide bonds. The van der Waals surface area contributed by atoms with Crippen molar-refractivity contribution in [2.75, 3.05) is 0 Å². The van der Waals surface area contributed by atoms with Gasteiger partial charge in [0.1, 0.15) is 11.6 Å². The predicted molar refractivity (Wildman–Crippen MR) is 316 cm³/mol. The first-order valence-corrected chi connectivity index (χ1v) is 26.4. The smallest absolute Gasteiger partial charge is 0.148 e. The first-order valence-electron chi connectivity index (χ1n) is 26.4. The topological polar surface area (TPSA) is 55.9 Å². The van der Waals surface area contributed by atoms with Crippen LogP contribution in [0.4, 0.5) is 0 Å². The molecule has 11 aromatic rings. The number of aromatic hydroxyl groups is 1. The Morgan fingerprint density at radius 2 is 1.01 bits per heavy atom. The van der Waals surface area contributed by atoms with Gasteiger partial charge in [-0.2, -0.15) is 0 Å². The molecule has 76 heavy (non-hydrogen) atoms. The number of phenols is 1. The molecule has 0 atom stereocenters. The minimum Gasteiger partial charge on any atom is -0.507 e. The third-order valence-electron chi connectivity index (χ3n) is 14.9. The summed E-state index contributed by atoms with van der Waals surface area (Å²) in [7, 11) is 0. The molecule has 8 aromatic carbocycles. The van der Waals surface area contributed by atoms with Gasteiger partial charge < -0.3 is 9.67 Å². The fourth-order valence-electron chi connectivity index (χ4n) is 10.7. The molecule has 3 heterocycles. The summed E-state index contributed by atoms with van der Waals surface area (Å²) in [6, 6.07) is 67.0. The van der Waals surface area contributed by atoms with Crippen LogP contribution in [0.1, 0.15) is 105 Å². The van der Waals surface area contributed by atoms with Crippen molar-refractivity contribution in [3.8, 4) is 73.2 Å². The van der Waals surface area contributed by atoms with Gasteiger partial charge in [0.2, 0.25) is 0 Å². The van der Waals surface area contributed by atoms with Crippen molar-refractivity contribution in [3.05, 3.63) is 210 Å². The summed E-state index contributed by atoms with van der Waals surface area (Å²) >= 11 is 0. The van der Waals surface area contributed by atoms with Crippen LogP contribution in [-0.4, -0.2) is 24.2 Å². The molecule has 11 rings (SSSR count). The zero-order valence-electron chi connectivity index (χ0n) is 45.9. The molecule has 0 aliphatic carbocycles. The van der Waals surface area contributed by atoms with Crippen molar-refractivity contribution >= 4 is 32.8 Å². The fourth-order valence-corrected chi connectivity index (χ4v) is 10.7. The Labute approximate surface area is 463 Å². The van der Waals surface area contributed by atoms with E-state index in [4.69, 9.17) is 9.97 Å². The molecule has 0 saturated carbocycles. The van der Waals surface area contributed by atoms with Crippen LogP contribution in [0.3, 0.4) is 0 Å². The quantitative estimate of drug-likeness (QED) is 0.162. The summed E-state index contributed by atoms with van der Waals surface area (Å²) < 4.78 is 4.68. The minimum atomic E-state index is -0.338. The summed E-state index contributed by atoms with van der Waals surface area (Å²) in [5.41, 5.74) is 18.4. The molecular formula is C70H67N4OPt-. The molecular weight excluding hydrogens is 1110 g/mol. The van der Waals surface area contributed by atoms with Gasteiger partial charge in [-0.3, -0.25) is 9.55 Å². The van der Waals surface area contributed by atoms with Crippen molar-refractivity contribution in [3.63, 3.8) is 0 Å². The molecule has 384 valence electrons. The Morgan fingerprint density at radius 3 is 1.68 bits per heavy atom. The molecule has 1 N–H and O–H groups in total. The van der Waals surface area contributed by atoms with Crippen molar-refractivity contribution in [2.45, 2.75) is 105 Å². The van der Waals surface area contributed by atoms with Crippen LogP contribution in [-0.2, 0) is 42.7 Å². The van der Waals surface area contributed by atoms with E-state index in [1.54, 1.807) is 0 Å². The summed E-state index contributed by atoms with van der Waals surface area (Å²) in [4.78, 5) is 10.8. The van der Waals surface area contributed by atoms with Crippen LogP contribution in [0, 0.1) is 6.07 Å². The predicted octanol–water partition coefficient (Wildman–Crippen LogP) is 18.5. The minimum absolute atomic E-state index is 0. The maximum Gasteiger partial charge on any atom is 0.148 e. The second kappa shape index (κ2) is 19.4. The molecule has 0 saturated heterocycles. The molecule has 0 spiro atoms. The number of benzene rings is 8. The van der Waals surface area contributed by atoms with E-state index < -0.39 is 0 Å². The molecule has 0 unspecified atom stereocenters. The summed E-state index contributed by atoms with van der Waals surface area (Å²) in [6.07, 6.45) is 1.93. The number of fused-ring (bicyclic) bond motifs is 4. The van der Waals surface area contributed by atoms with Gasteiger partial charge in [-0.05, 0) is 98.0 Å². The maximum absolute atomic E-state index is 12.6. The molecule has 0 radical (unpaired) electrons. The average Bonchev–Trinajstić information content (AvgIpc) is 3.94. The molecule has 0 bridgehead atoms. The van der Waals surface area contributed by atoms with E-state index >= 15 is 0 Å². The SMILES string of the molecule is CC(C)(C)c1cc(-n2c(-c3cc(C(C)(C)C)cc(C(C)(C)C)c3O)nc3c(-c4[c-]c(-c5cc(-c6cccc7c8ccccc8n(-c8ccccc8)c67)ccn5)cc(-c5ccccc5)c4)cccc32)cc(C(C)(C)C)c1.[Pt]. The number of imidazole rings is 1. The van der Waals surface area contributed by atoms with Gasteiger partial charge in [-0.25, -0.2) is 4.98 Å². The summed E-state index contributed by atoms with van der Waals surface area (Å²) in [5, 5.41) is 15.1. The second-order valence-electron chi connectivity index (χ2n) is 24.5. The zero-order valence-corrected chi connectivity index (χ0v) is 48.1. The first-order chi connectivity index (χ1) is 35.6. The van der Waals surface area contributed by atoms with Gasteiger partial charge in [0, 0.05) is 66.2 Å². The van der Waals surface area contributed by atoms with Gasteiger partial charge in [-0.1, -0.05) is 215 Å². The van der Waals surface area contributed by atoms with Gasteiger partial charge in [0.15, 0.2) is 0 Å². The molecule has 3 aromatic heterocycles. The number of nitrogens with zero attached hydrogens (tertiary/aromatic N) is 4. The number of phenolic OH excluding ortho intramolecular Hbond substituents is 1. The van der Waals surface area contributed by atoms with Gasteiger partial charge in [-0.15, -0.1) is 23.8 Å². The van der Waals surface area contributed by atoms with E-state index in [0.29, 0.717) is 11.4 Å². The van der Waals surface area contributed by atoms with Gasteiger partial charge in [0.25, 0.3) is 0 Å². The maximum atomic E-state index is 12.6. The third kappa shape index (κ3) is 9.53. The van der Waals surface area contributed by atoms with Crippen molar-refractivity contribution in [1.29, 1.82) is 0 Å². The number of aromatic nitrogens is 4. The summed E-state index contributed by atoms with van der Waals surface area (Å²) in [6.45, 7) is 26.9.